The third-order valence-electron chi connectivity index (χ3n) is 3.65. The number of aliphatic hydroxyl groups is 1. The summed E-state index contributed by atoms with van der Waals surface area (Å²) >= 11 is 1.84. The smallest absolute Gasteiger partial charge is 0.227 e. The molecule has 3 heterocycles. The Morgan fingerprint density at radius 1 is 1.29 bits per heavy atom. The van der Waals surface area contributed by atoms with Crippen LogP contribution in [0.15, 0.2) is 4.90 Å². The van der Waals surface area contributed by atoms with Gasteiger partial charge in [-0.2, -0.15) is 4.98 Å². The number of morpholine rings is 1. The summed E-state index contributed by atoms with van der Waals surface area (Å²) in [7, 11) is 0. The average molecular weight is 310 g/mol. The van der Waals surface area contributed by atoms with Crippen LogP contribution in [0.3, 0.4) is 0 Å². The predicted molar refractivity (Wildman–Crippen MR) is 84.3 cm³/mol. The second-order valence-corrected chi connectivity index (χ2v) is 6.31. The Balaban J connectivity index is 1.84. The second kappa shape index (κ2) is 7.29. The molecule has 3 rings (SSSR count). The molecular formula is C14H22N4O2S. The van der Waals surface area contributed by atoms with Gasteiger partial charge in [0.15, 0.2) is 0 Å². The number of aliphatic hydroxyl groups excluding tert-OH is 1. The van der Waals surface area contributed by atoms with Crippen LogP contribution in [0.2, 0.25) is 0 Å². The molecule has 0 atom stereocenters. The van der Waals surface area contributed by atoms with Crippen LogP contribution in [0.5, 0.6) is 0 Å². The molecule has 116 valence electrons. The van der Waals surface area contributed by atoms with Gasteiger partial charge < -0.3 is 20.1 Å². The van der Waals surface area contributed by atoms with Crippen LogP contribution in [0.1, 0.15) is 18.5 Å². The molecule has 2 aliphatic heterocycles. The number of hydrogen-bond acceptors (Lipinski definition) is 7. The minimum absolute atomic E-state index is 0.198. The van der Waals surface area contributed by atoms with Crippen molar-refractivity contribution in [1.82, 2.24) is 9.97 Å². The molecule has 6 nitrogen and oxygen atoms in total. The van der Waals surface area contributed by atoms with Crippen molar-refractivity contribution in [3.05, 3.63) is 5.69 Å². The molecule has 1 saturated heterocycles. The lowest BCUT2D eigenvalue weighted by Crippen LogP contribution is -2.37. The Kier molecular flexibility index (Phi) is 5.16. The largest absolute Gasteiger partial charge is 0.396 e. The number of ether oxygens (including phenoxy) is 1. The fourth-order valence-corrected chi connectivity index (χ4v) is 3.59. The Labute approximate surface area is 129 Å². The standard InChI is InChI=1S/C14H22N4O2S/c19-7-2-4-15-13-12-11(3-1-10-21-12)16-14(17-13)18-5-8-20-9-6-18/h19H,1-10H2,(H,15,16,17). The van der Waals surface area contributed by atoms with E-state index in [4.69, 9.17) is 19.8 Å². The van der Waals surface area contributed by atoms with E-state index < -0.39 is 0 Å². The van der Waals surface area contributed by atoms with Gasteiger partial charge in [0.2, 0.25) is 5.95 Å². The van der Waals surface area contributed by atoms with E-state index in [1.165, 1.54) is 11.3 Å². The number of fused-ring (bicyclic) bond motifs is 1. The van der Waals surface area contributed by atoms with E-state index >= 15 is 0 Å². The molecule has 1 aromatic rings. The van der Waals surface area contributed by atoms with Crippen molar-refractivity contribution in [2.75, 3.05) is 55.4 Å². The van der Waals surface area contributed by atoms with Crippen LogP contribution in [0.25, 0.3) is 0 Å². The molecule has 0 aromatic carbocycles. The monoisotopic (exact) mass is 310 g/mol. The van der Waals surface area contributed by atoms with Crippen LogP contribution in [-0.2, 0) is 11.2 Å². The number of nitrogens with zero attached hydrogens (tertiary/aromatic N) is 3. The highest BCUT2D eigenvalue weighted by atomic mass is 32.2. The lowest BCUT2D eigenvalue weighted by atomic mass is 10.2. The van der Waals surface area contributed by atoms with Crippen LogP contribution in [-0.4, -0.2) is 60.3 Å². The molecule has 0 amide bonds. The van der Waals surface area contributed by atoms with Gasteiger partial charge in [-0.1, -0.05) is 0 Å². The molecule has 2 N–H and O–H groups in total. The van der Waals surface area contributed by atoms with Gasteiger partial charge in [0.25, 0.3) is 0 Å². The molecular weight excluding hydrogens is 288 g/mol. The quantitative estimate of drug-likeness (QED) is 0.790. The van der Waals surface area contributed by atoms with Gasteiger partial charge in [0.1, 0.15) is 5.82 Å². The van der Waals surface area contributed by atoms with Crippen LogP contribution < -0.4 is 10.2 Å². The van der Waals surface area contributed by atoms with Gasteiger partial charge in [-0.3, -0.25) is 0 Å². The van der Waals surface area contributed by atoms with E-state index in [0.29, 0.717) is 0 Å². The number of rotatable bonds is 5. The summed E-state index contributed by atoms with van der Waals surface area (Å²) in [5, 5.41) is 12.3. The van der Waals surface area contributed by atoms with E-state index in [0.717, 1.165) is 68.9 Å². The van der Waals surface area contributed by atoms with Gasteiger partial charge in [0.05, 0.1) is 23.8 Å². The number of hydrogen-bond donors (Lipinski definition) is 2. The highest BCUT2D eigenvalue weighted by Crippen LogP contribution is 2.35. The van der Waals surface area contributed by atoms with Gasteiger partial charge in [0, 0.05) is 26.2 Å². The molecule has 0 unspecified atom stereocenters. The Bertz CT molecular complexity index is 480. The van der Waals surface area contributed by atoms with Crippen molar-refractivity contribution in [2.45, 2.75) is 24.2 Å². The third-order valence-corrected chi connectivity index (χ3v) is 4.86. The van der Waals surface area contributed by atoms with E-state index in [2.05, 4.69) is 10.2 Å². The highest BCUT2D eigenvalue weighted by Gasteiger charge is 2.21. The maximum Gasteiger partial charge on any atom is 0.227 e. The Morgan fingerprint density at radius 3 is 2.95 bits per heavy atom. The maximum atomic E-state index is 8.94. The molecule has 1 fully saturated rings. The summed E-state index contributed by atoms with van der Waals surface area (Å²) in [5.74, 6) is 2.87. The van der Waals surface area contributed by atoms with E-state index in [1.54, 1.807) is 0 Å². The first-order valence-corrected chi connectivity index (χ1v) is 8.58. The van der Waals surface area contributed by atoms with Gasteiger partial charge >= 0.3 is 0 Å². The molecule has 1 aromatic heterocycles. The van der Waals surface area contributed by atoms with Crippen molar-refractivity contribution >= 4 is 23.5 Å². The summed E-state index contributed by atoms with van der Waals surface area (Å²) in [4.78, 5) is 12.9. The molecule has 21 heavy (non-hydrogen) atoms. The number of aromatic nitrogens is 2. The molecule has 0 saturated carbocycles. The van der Waals surface area contributed by atoms with Crippen LogP contribution in [0, 0.1) is 0 Å². The lowest BCUT2D eigenvalue weighted by Gasteiger charge is -2.28. The van der Waals surface area contributed by atoms with E-state index in [1.807, 2.05) is 11.8 Å². The topological polar surface area (TPSA) is 70.5 Å². The number of anilines is 2. The molecule has 0 bridgehead atoms. The first kappa shape index (κ1) is 14.9. The molecule has 0 radical (unpaired) electrons. The van der Waals surface area contributed by atoms with Gasteiger partial charge in [-0.25, -0.2) is 4.98 Å². The summed E-state index contributed by atoms with van der Waals surface area (Å²) in [6.45, 7) is 4.11. The summed E-state index contributed by atoms with van der Waals surface area (Å²) in [6, 6.07) is 0. The number of thioether (sulfide) groups is 1. The predicted octanol–water partition coefficient (Wildman–Crippen LogP) is 1.15. The zero-order valence-electron chi connectivity index (χ0n) is 12.2. The minimum Gasteiger partial charge on any atom is -0.396 e. The number of aryl methyl sites for hydroxylation is 1. The fraction of sp³-hybridized carbons (Fsp3) is 0.714. The fourth-order valence-electron chi connectivity index (χ4n) is 2.53. The normalized spacial score (nSPS) is 18.4. The maximum absolute atomic E-state index is 8.94. The first-order chi connectivity index (χ1) is 10.4. The van der Waals surface area contributed by atoms with Gasteiger partial charge in [-0.05, 0) is 25.0 Å². The SMILES string of the molecule is OCCCNc1nc(N2CCOCC2)nc2c1SCCC2. The van der Waals surface area contributed by atoms with E-state index in [9.17, 15) is 0 Å². The zero-order chi connectivity index (χ0) is 14.5. The Morgan fingerprint density at radius 2 is 2.14 bits per heavy atom. The summed E-state index contributed by atoms with van der Waals surface area (Å²) in [5.41, 5.74) is 1.16. The van der Waals surface area contributed by atoms with Crippen LogP contribution >= 0.6 is 11.8 Å². The lowest BCUT2D eigenvalue weighted by molar-refractivity contribution is 0.122. The zero-order valence-corrected chi connectivity index (χ0v) is 13.0. The van der Waals surface area contributed by atoms with Crippen molar-refractivity contribution in [2.24, 2.45) is 0 Å². The molecule has 0 spiro atoms. The third kappa shape index (κ3) is 3.59. The van der Waals surface area contributed by atoms with E-state index in [-0.39, 0.29) is 6.61 Å². The van der Waals surface area contributed by atoms with Crippen LogP contribution in [0.4, 0.5) is 11.8 Å². The summed E-state index contributed by atoms with van der Waals surface area (Å²) in [6.07, 6.45) is 2.93. The molecule has 2 aliphatic rings. The average Bonchev–Trinajstić information content (AvgIpc) is 2.55. The number of nitrogens with one attached hydrogen (secondary N) is 1. The Hall–Kier alpha value is -1.05. The van der Waals surface area contributed by atoms with Gasteiger partial charge in [-0.15, -0.1) is 11.8 Å². The van der Waals surface area contributed by atoms with Crippen molar-refractivity contribution < 1.29 is 9.84 Å². The second-order valence-electron chi connectivity index (χ2n) is 5.20. The summed E-state index contributed by atoms with van der Waals surface area (Å²) < 4.78 is 5.40. The molecule has 7 heteroatoms. The van der Waals surface area contributed by atoms with Crippen molar-refractivity contribution in [1.29, 1.82) is 0 Å². The highest BCUT2D eigenvalue weighted by molar-refractivity contribution is 7.99. The van der Waals surface area contributed by atoms with Crippen molar-refractivity contribution in [3.8, 4) is 0 Å². The first-order valence-electron chi connectivity index (χ1n) is 7.59. The minimum atomic E-state index is 0.198. The molecule has 0 aliphatic carbocycles. The van der Waals surface area contributed by atoms with Crippen molar-refractivity contribution in [3.63, 3.8) is 0 Å².